The number of nitrogens with one attached hydrogen (secondary N) is 2. The molecule has 0 aliphatic rings. The molecular formula is C22H25FN2O4. The van der Waals surface area contributed by atoms with Crippen molar-refractivity contribution in [1.29, 1.82) is 0 Å². The van der Waals surface area contributed by atoms with Crippen molar-refractivity contribution in [2.24, 2.45) is 0 Å². The Balaban J connectivity index is 2.19. The van der Waals surface area contributed by atoms with E-state index in [0.29, 0.717) is 5.56 Å². The summed E-state index contributed by atoms with van der Waals surface area (Å²) in [7, 11) is 0. The number of carbonyl (C=O) groups is 3. The quantitative estimate of drug-likeness (QED) is 0.634. The molecule has 0 aliphatic heterocycles. The number of rotatable bonds is 8. The van der Waals surface area contributed by atoms with Gasteiger partial charge >= 0.3 is 5.97 Å². The third kappa shape index (κ3) is 6.41. The molecule has 2 aromatic rings. The van der Waals surface area contributed by atoms with Crippen molar-refractivity contribution in [3.05, 3.63) is 70.5 Å². The summed E-state index contributed by atoms with van der Waals surface area (Å²) >= 11 is 0. The summed E-state index contributed by atoms with van der Waals surface area (Å²) in [6, 6.07) is 9.16. The highest BCUT2D eigenvalue weighted by Crippen LogP contribution is 2.16. The van der Waals surface area contributed by atoms with E-state index >= 15 is 0 Å². The van der Waals surface area contributed by atoms with E-state index in [0.717, 1.165) is 16.7 Å². The maximum Gasteiger partial charge on any atom is 0.326 e. The summed E-state index contributed by atoms with van der Waals surface area (Å²) in [4.78, 5) is 36.1. The monoisotopic (exact) mass is 400 g/mol. The smallest absolute Gasteiger partial charge is 0.326 e. The standard InChI is InChI=1S/C22H25FN2O4/c1-13-6-4-7-14(2)18(13)12-20(22(28)29)25-21(27)19(24-15(3)26)11-16-8-5-9-17(23)10-16/h4-10,19-20H,11-12H2,1-3H3,(H,24,26)(H,25,27)(H,28,29)/t19-,20-/m1/s1. The lowest BCUT2D eigenvalue weighted by molar-refractivity contribution is -0.142. The molecule has 0 aromatic heterocycles. The van der Waals surface area contributed by atoms with E-state index in [4.69, 9.17) is 0 Å². The normalized spacial score (nSPS) is 12.7. The van der Waals surface area contributed by atoms with E-state index in [-0.39, 0.29) is 12.8 Å². The average molecular weight is 400 g/mol. The molecular weight excluding hydrogens is 375 g/mol. The summed E-state index contributed by atoms with van der Waals surface area (Å²) < 4.78 is 13.4. The fourth-order valence-corrected chi connectivity index (χ4v) is 3.20. The van der Waals surface area contributed by atoms with E-state index in [1.807, 2.05) is 32.0 Å². The van der Waals surface area contributed by atoms with Crippen LogP contribution in [-0.2, 0) is 27.2 Å². The van der Waals surface area contributed by atoms with Gasteiger partial charge in [0.15, 0.2) is 0 Å². The first-order valence-electron chi connectivity index (χ1n) is 9.27. The minimum Gasteiger partial charge on any atom is -0.480 e. The molecule has 0 bridgehead atoms. The molecule has 0 heterocycles. The predicted molar refractivity (Wildman–Crippen MR) is 107 cm³/mol. The molecule has 0 fully saturated rings. The fourth-order valence-electron chi connectivity index (χ4n) is 3.20. The Kier molecular flexibility index (Phi) is 7.47. The average Bonchev–Trinajstić information content (AvgIpc) is 2.62. The predicted octanol–water partition coefficient (Wildman–Crippen LogP) is 2.30. The molecule has 0 unspecified atom stereocenters. The molecule has 0 spiro atoms. The van der Waals surface area contributed by atoms with Crippen LogP contribution >= 0.6 is 0 Å². The third-order valence-corrected chi connectivity index (χ3v) is 4.69. The van der Waals surface area contributed by atoms with Crippen LogP contribution in [0.4, 0.5) is 4.39 Å². The summed E-state index contributed by atoms with van der Waals surface area (Å²) in [6.45, 7) is 5.03. The highest BCUT2D eigenvalue weighted by Gasteiger charge is 2.27. The molecule has 2 rings (SSSR count). The van der Waals surface area contributed by atoms with Crippen LogP contribution in [0, 0.1) is 19.7 Å². The van der Waals surface area contributed by atoms with Gasteiger partial charge in [-0.05, 0) is 48.2 Å². The van der Waals surface area contributed by atoms with Crippen molar-refractivity contribution >= 4 is 17.8 Å². The van der Waals surface area contributed by atoms with Gasteiger partial charge in [0.05, 0.1) is 0 Å². The van der Waals surface area contributed by atoms with E-state index < -0.39 is 35.7 Å². The van der Waals surface area contributed by atoms with E-state index in [1.165, 1.54) is 25.1 Å². The van der Waals surface area contributed by atoms with Crippen LogP contribution in [-0.4, -0.2) is 35.0 Å². The minimum atomic E-state index is -1.17. The molecule has 7 heteroatoms. The lowest BCUT2D eigenvalue weighted by atomic mass is 9.96. The third-order valence-electron chi connectivity index (χ3n) is 4.69. The number of aryl methyl sites for hydroxylation is 2. The lowest BCUT2D eigenvalue weighted by Crippen LogP contribution is -2.52. The van der Waals surface area contributed by atoms with Crippen LogP contribution < -0.4 is 10.6 Å². The molecule has 0 saturated heterocycles. The zero-order chi connectivity index (χ0) is 21.6. The van der Waals surface area contributed by atoms with Gasteiger partial charge in [-0.25, -0.2) is 9.18 Å². The van der Waals surface area contributed by atoms with Gasteiger partial charge in [-0.1, -0.05) is 30.3 Å². The van der Waals surface area contributed by atoms with Crippen molar-refractivity contribution < 1.29 is 23.9 Å². The molecule has 29 heavy (non-hydrogen) atoms. The van der Waals surface area contributed by atoms with Gasteiger partial charge in [-0.2, -0.15) is 0 Å². The van der Waals surface area contributed by atoms with Gasteiger partial charge in [0.2, 0.25) is 11.8 Å². The van der Waals surface area contributed by atoms with Gasteiger partial charge in [-0.15, -0.1) is 0 Å². The topological polar surface area (TPSA) is 95.5 Å². The number of carboxylic acid groups (broad SMARTS) is 1. The molecule has 2 atom stereocenters. The van der Waals surface area contributed by atoms with Crippen LogP contribution in [0.5, 0.6) is 0 Å². The second-order valence-electron chi connectivity index (χ2n) is 7.06. The van der Waals surface area contributed by atoms with E-state index in [2.05, 4.69) is 10.6 Å². The van der Waals surface area contributed by atoms with Crippen molar-refractivity contribution in [2.45, 2.75) is 45.7 Å². The number of hydrogen-bond donors (Lipinski definition) is 3. The number of carboxylic acids is 1. The Bertz CT molecular complexity index is 893. The van der Waals surface area contributed by atoms with Crippen molar-refractivity contribution in [3.8, 4) is 0 Å². The number of carbonyl (C=O) groups excluding carboxylic acids is 2. The molecule has 0 saturated carbocycles. The Labute approximate surface area is 169 Å². The van der Waals surface area contributed by atoms with Crippen molar-refractivity contribution in [1.82, 2.24) is 10.6 Å². The largest absolute Gasteiger partial charge is 0.480 e. The first kappa shape index (κ1) is 22.1. The number of halogens is 1. The maximum atomic E-state index is 13.4. The Hall–Kier alpha value is -3.22. The summed E-state index contributed by atoms with van der Waals surface area (Å²) in [5.41, 5.74) is 3.23. The number of hydrogen-bond acceptors (Lipinski definition) is 3. The fraction of sp³-hybridized carbons (Fsp3) is 0.318. The highest BCUT2D eigenvalue weighted by atomic mass is 19.1. The first-order valence-corrected chi connectivity index (χ1v) is 9.27. The molecule has 2 aromatic carbocycles. The number of benzene rings is 2. The van der Waals surface area contributed by atoms with Crippen LogP contribution in [0.3, 0.4) is 0 Å². The Morgan fingerprint density at radius 1 is 0.966 bits per heavy atom. The van der Waals surface area contributed by atoms with E-state index in [9.17, 15) is 23.9 Å². The summed E-state index contributed by atoms with van der Waals surface area (Å²) in [6.07, 6.45) is 0.158. The molecule has 6 nitrogen and oxygen atoms in total. The molecule has 2 amide bonds. The van der Waals surface area contributed by atoms with Crippen molar-refractivity contribution in [3.63, 3.8) is 0 Å². The van der Waals surface area contributed by atoms with E-state index in [1.54, 1.807) is 6.07 Å². The lowest BCUT2D eigenvalue weighted by Gasteiger charge is -2.22. The summed E-state index contributed by atoms with van der Waals surface area (Å²) in [5, 5.41) is 14.6. The number of amides is 2. The molecule has 154 valence electrons. The van der Waals surface area contributed by atoms with Gasteiger partial charge in [0, 0.05) is 19.8 Å². The zero-order valence-corrected chi connectivity index (χ0v) is 16.7. The molecule has 0 radical (unpaired) electrons. The van der Waals surface area contributed by atoms with Crippen molar-refractivity contribution in [2.75, 3.05) is 0 Å². The Morgan fingerprint density at radius 2 is 1.59 bits per heavy atom. The van der Waals surface area contributed by atoms with Gasteiger partial charge < -0.3 is 15.7 Å². The van der Waals surface area contributed by atoms with Gasteiger partial charge in [0.1, 0.15) is 17.9 Å². The van der Waals surface area contributed by atoms with Crippen LogP contribution in [0.25, 0.3) is 0 Å². The van der Waals surface area contributed by atoms with Crippen LogP contribution in [0.1, 0.15) is 29.2 Å². The van der Waals surface area contributed by atoms with Crippen LogP contribution in [0.15, 0.2) is 42.5 Å². The maximum absolute atomic E-state index is 13.4. The summed E-state index contributed by atoms with van der Waals surface area (Å²) in [5.74, 6) is -2.71. The molecule has 3 N–H and O–H groups in total. The van der Waals surface area contributed by atoms with Gasteiger partial charge in [-0.3, -0.25) is 9.59 Å². The first-order chi connectivity index (χ1) is 13.7. The Morgan fingerprint density at radius 3 is 2.14 bits per heavy atom. The minimum absolute atomic E-state index is 0.0406. The van der Waals surface area contributed by atoms with Gasteiger partial charge in [0.25, 0.3) is 0 Å². The second kappa shape index (κ2) is 9.82. The molecule has 0 aliphatic carbocycles. The van der Waals surface area contributed by atoms with Crippen LogP contribution in [0.2, 0.25) is 0 Å². The SMILES string of the molecule is CC(=O)N[C@H](Cc1cccc(F)c1)C(=O)N[C@H](Cc1c(C)cccc1C)C(=O)O. The highest BCUT2D eigenvalue weighted by molar-refractivity contribution is 5.90. The second-order valence-corrected chi connectivity index (χ2v) is 7.06. The zero-order valence-electron chi connectivity index (χ0n) is 16.7. The number of aliphatic carboxylic acids is 1.